The number of aromatic nitrogens is 4. The number of unbranched alkanes of at least 4 members (excludes halogenated alkanes) is 1. The summed E-state index contributed by atoms with van der Waals surface area (Å²) >= 11 is 11.9. The molecule has 1 N–H and O–H groups in total. The number of anilines is 1. The van der Waals surface area contributed by atoms with Crippen molar-refractivity contribution in [2.24, 2.45) is 5.10 Å². The summed E-state index contributed by atoms with van der Waals surface area (Å²) in [7, 11) is 0. The standard InChI is InChI=1S/C20H18Cl2N6/c1-2-3-10-28-17-7-5-4-6-14(17)18-19(28)24-20(27-25-18)26-23-12-13-8-9-15(21)16(22)11-13/h4-9,11-12H,2-3,10H2,1H3,(H,24,26,27)/b23-12+. The molecule has 0 amide bonds. The summed E-state index contributed by atoms with van der Waals surface area (Å²) < 4.78 is 2.19. The summed E-state index contributed by atoms with van der Waals surface area (Å²) in [4.78, 5) is 4.65. The van der Waals surface area contributed by atoms with Crippen molar-refractivity contribution < 1.29 is 0 Å². The van der Waals surface area contributed by atoms with Gasteiger partial charge < -0.3 is 4.57 Å². The molecule has 2 aromatic carbocycles. The molecule has 4 aromatic rings. The normalized spacial score (nSPS) is 11.7. The van der Waals surface area contributed by atoms with Crippen LogP contribution >= 0.6 is 23.2 Å². The minimum Gasteiger partial charge on any atom is -0.324 e. The molecule has 142 valence electrons. The number of fused-ring (bicyclic) bond motifs is 3. The van der Waals surface area contributed by atoms with Gasteiger partial charge in [0, 0.05) is 11.9 Å². The predicted molar refractivity (Wildman–Crippen MR) is 115 cm³/mol. The van der Waals surface area contributed by atoms with Crippen molar-refractivity contribution in [1.82, 2.24) is 19.7 Å². The third-order valence-corrected chi connectivity index (χ3v) is 5.17. The molecular formula is C20H18Cl2N6. The minimum atomic E-state index is 0.337. The van der Waals surface area contributed by atoms with Crippen molar-refractivity contribution in [3.8, 4) is 0 Å². The number of halogens is 2. The number of hydrogen-bond donors (Lipinski definition) is 1. The van der Waals surface area contributed by atoms with Crippen LogP contribution in [-0.4, -0.2) is 26.0 Å². The van der Waals surface area contributed by atoms with E-state index in [1.54, 1.807) is 18.3 Å². The van der Waals surface area contributed by atoms with Crippen molar-refractivity contribution in [2.45, 2.75) is 26.3 Å². The molecule has 0 saturated heterocycles. The van der Waals surface area contributed by atoms with Crippen LogP contribution < -0.4 is 5.43 Å². The number of para-hydroxylation sites is 1. The Bertz CT molecular complexity index is 1170. The van der Waals surface area contributed by atoms with Crippen molar-refractivity contribution in [2.75, 3.05) is 5.43 Å². The van der Waals surface area contributed by atoms with E-state index >= 15 is 0 Å². The maximum Gasteiger partial charge on any atom is 0.265 e. The van der Waals surface area contributed by atoms with Gasteiger partial charge in [-0.2, -0.15) is 10.1 Å². The van der Waals surface area contributed by atoms with E-state index in [-0.39, 0.29) is 0 Å². The lowest BCUT2D eigenvalue weighted by atomic mass is 10.2. The molecule has 8 heteroatoms. The summed E-state index contributed by atoms with van der Waals surface area (Å²) in [5, 5.41) is 14.8. The van der Waals surface area contributed by atoms with Gasteiger partial charge in [-0.1, -0.05) is 60.8 Å². The fourth-order valence-corrected chi connectivity index (χ4v) is 3.36. The Kier molecular flexibility index (Phi) is 5.41. The molecule has 0 aliphatic heterocycles. The lowest BCUT2D eigenvalue weighted by Crippen LogP contribution is -2.03. The molecular weight excluding hydrogens is 395 g/mol. The SMILES string of the molecule is CCCCn1c2ccccc2c2nnc(N/N=C/c3ccc(Cl)c(Cl)c3)nc21. The second-order valence-corrected chi connectivity index (χ2v) is 7.19. The Morgan fingerprint density at radius 3 is 2.79 bits per heavy atom. The predicted octanol–water partition coefficient (Wildman–Crippen LogP) is 5.53. The van der Waals surface area contributed by atoms with Gasteiger partial charge in [0.15, 0.2) is 5.65 Å². The van der Waals surface area contributed by atoms with Crippen LogP contribution in [0, 0.1) is 0 Å². The first-order valence-electron chi connectivity index (χ1n) is 9.03. The van der Waals surface area contributed by atoms with E-state index < -0.39 is 0 Å². The molecule has 0 aliphatic rings. The fraction of sp³-hybridized carbons (Fsp3) is 0.200. The molecule has 6 nitrogen and oxygen atoms in total. The van der Waals surface area contributed by atoms with Crippen LogP contribution in [0.1, 0.15) is 25.3 Å². The molecule has 0 bridgehead atoms. The van der Waals surface area contributed by atoms with Gasteiger partial charge in [-0.15, -0.1) is 10.2 Å². The second kappa shape index (κ2) is 8.12. The van der Waals surface area contributed by atoms with E-state index in [1.165, 1.54) is 0 Å². The quantitative estimate of drug-likeness (QED) is 0.333. The number of nitrogens with zero attached hydrogens (tertiary/aromatic N) is 5. The van der Waals surface area contributed by atoms with E-state index in [0.717, 1.165) is 47.0 Å². The molecule has 0 atom stereocenters. The van der Waals surface area contributed by atoms with Crippen LogP contribution in [0.3, 0.4) is 0 Å². The highest BCUT2D eigenvalue weighted by Gasteiger charge is 2.14. The first kappa shape index (κ1) is 18.7. The average Bonchev–Trinajstić information content (AvgIpc) is 3.02. The van der Waals surface area contributed by atoms with Crippen LogP contribution in [0.4, 0.5) is 5.95 Å². The molecule has 0 spiro atoms. The Hall–Kier alpha value is -2.70. The summed E-state index contributed by atoms with van der Waals surface area (Å²) in [5.41, 5.74) is 6.37. The van der Waals surface area contributed by atoms with Crippen LogP contribution in [-0.2, 0) is 6.54 Å². The first-order chi connectivity index (χ1) is 13.7. The highest BCUT2D eigenvalue weighted by molar-refractivity contribution is 6.42. The molecule has 0 unspecified atom stereocenters. The molecule has 28 heavy (non-hydrogen) atoms. The number of nitrogens with one attached hydrogen (secondary N) is 1. The number of aryl methyl sites for hydroxylation is 1. The highest BCUT2D eigenvalue weighted by Crippen LogP contribution is 2.26. The van der Waals surface area contributed by atoms with Crippen LogP contribution in [0.15, 0.2) is 47.6 Å². The summed E-state index contributed by atoms with van der Waals surface area (Å²) in [5.74, 6) is 0.337. The van der Waals surface area contributed by atoms with Crippen molar-refractivity contribution in [3.63, 3.8) is 0 Å². The fourth-order valence-electron chi connectivity index (χ4n) is 3.05. The number of rotatable bonds is 6. The molecule has 2 aromatic heterocycles. The van der Waals surface area contributed by atoms with Gasteiger partial charge in [-0.3, -0.25) is 0 Å². The van der Waals surface area contributed by atoms with Gasteiger partial charge in [0.2, 0.25) is 0 Å². The third-order valence-electron chi connectivity index (χ3n) is 4.43. The van der Waals surface area contributed by atoms with Crippen LogP contribution in [0.5, 0.6) is 0 Å². The van der Waals surface area contributed by atoms with E-state index in [0.29, 0.717) is 16.0 Å². The van der Waals surface area contributed by atoms with Gasteiger partial charge >= 0.3 is 0 Å². The van der Waals surface area contributed by atoms with E-state index in [2.05, 4.69) is 43.3 Å². The maximum absolute atomic E-state index is 6.02. The zero-order valence-electron chi connectivity index (χ0n) is 15.2. The zero-order valence-corrected chi connectivity index (χ0v) is 16.7. The van der Waals surface area contributed by atoms with E-state index in [4.69, 9.17) is 23.2 Å². The molecule has 0 radical (unpaired) electrons. The summed E-state index contributed by atoms with van der Waals surface area (Å²) in [6, 6.07) is 13.4. The maximum atomic E-state index is 6.02. The lowest BCUT2D eigenvalue weighted by Gasteiger charge is -2.05. The molecule has 0 aliphatic carbocycles. The molecule has 2 heterocycles. The van der Waals surface area contributed by atoms with Gasteiger partial charge in [-0.05, 0) is 30.2 Å². The third kappa shape index (κ3) is 3.66. The van der Waals surface area contributed by atoms with Gasteiger partial charge in [0.05, 0.1) is 21.8 Å². The lowest BCUT2D eigenvalue weighted by molar-refractivity contribution is 0.660. The second-order valence-electron chi connectivity index (χ2n) is 6.37. The van der Waals surface area contributed by atoms with Crippen molar-refractivity contribution >= 4 is 57.4 Å². The Morgan fingerprint density at radius 1 is 1.11 bits per heavy atom. The Labute approximate surface area is 172 Å². The Morgan fingerprint density at radius 2 is 1.96 bits per heavy atom. The molecule has 4 rings (SSSR count). The van der Waals surface area contributed by atoms with Gasteiger partial charge in [0.25, 0.3) is 5.95 Å². The highest BCUT2D eigenvalue weighted by atomic mass is 35.5. The molecule has 0 saturated carbocycles. The van der Waals surface area contributed by atoms with Crippen molar-refractivity contribution in [3.05, 3.63) is 58.1 Å². The van der Waals surface area contributed by atoms with Crippen LogP contribution in [0.25, 0.3) is 22.1 Å². The summed E-state index contributed by atoms with van der Waals surface area (Å²) in [6.07, 6.45) is 3.80. The zero-order chi connectivity index (χ0) is 19.5. The topological polar surface area (TPSA) is 68.0 Å². The van der Waals surface area contributed by atoms with E-state index in [1.807, 2.05) is 24.3 Å². The minimum absolute atomic E-state index is 0.337. The summed E-state index contributed by atoms with van der Waals surface area (Å²) in [6.45, 7) is 3.05. The van der Waals surface area contributed by atoms with Gasteiger partial charge in [-0.25, -0.2) is 5.43 Å². The monoisotopic (exact) mass is 412 g/mol. The Balaban J connectivity index is 1.65. The number of benzene rings is 2. The number of hydrazone groups is 1. The van der Waals surface area contributed by atoms with Gasteiger partial charge in [0.1, 0.15) is 5.52 Å². The van der Waals surface area contributed by atoms with Crippen molar-refractivity contribution in [1.29, 1.82) is 0 Å². The molecule has 0 fully saturated rings. The average molecular weight is 413 g/mol. The first-order valence-corrected chi connectivity index (χ1v) is 9.78. The largest absolute Gasteiger partial charge is 0.324 e. The number of hydrogen-bond acceptors (Lipinski definition) is 5. The smallest absolute Gasteiger partial charge is 0.265 e. The van der Waals surface area contributed by atoms with E-state index in [9.17, 15) is 0 Å². The van der Waals surface area contributed by atoms with Crippen LogP contribution in [0.2, 0.25) is 10.0 Å².